The Morgan fingerprint density at radius 1 is 1.37 bits per heavy atom. The van der Waals surface area contributed by atoms with Gasteiger partial charge in [0.25, 0.3) is 0 Å². The smallest absolute Gasteiger partial charge is 0.389 e. The van der Waals surface area contributed by atoms with Crippen molar-refractivity contribution in [2.75, 3.05) is 7.11 Å². The van der Waals surface area contributed by atoms with Crippen molar-refractivity contribution >= 4 is 29.3 Å². The summed E-state index contributed by atoms with van der Waals surface area (Å²) in [7, 11) is 1.03. The Morgan fingerprint density at radius 2 is 2.07 bits per heavy atom. The molecule has 0 saturated carbocycles. The van der Waals surface area contributed by atoms with E-state index in [4.69, 9.17) is 16.3 Å². The van der Waals surface area contributed by atoms with E-state index >= 15 is 0 Å². The molecule has 0 unspecified atom stereocenters. The van der Waals surface area contributed by atoms with Crippen LogP contribution in [-0.4, -0.2) is 36.7 Å². The van der Waals surface area contributed by atoms with Crippen LogP contribution in [0.3, 0.4) is 0 Å². The fourth-order valence-electron chi connectivity index (χ4n) is 3.53. The van der Waals surface area contributed by atoms with E-state index in [1.54, 1.807) is 0 Å². The van der Waals surface area contributed by atoms with Crippen LogP contribution in [0, 0.1) is 5.41 Å². The first kappa shape index (κ1) is 19.5. The quantitative estimate of drug-likeness (QED) is 0.615. The summed E-state index contributed by atoms with van der Waals surface area (Å²) in [6, 6.07) is 4.29. The number of ether oxygens (including phenoxy) is 2. The summed E-state index contributed by atoms with van der Waals surface area (Å²) >= 11 is 5.88. The number of fused-ring (bicyclic) bond motifs is 1. The van der Waals surface area contributed by atoms with E-state index in [2.05, 4.69) is 10.1 Å². The SMILES string of the molecule is COC(=O)[C@@]1(CCCC(F)(F)F)C[C@@]2(NC1=O)Oc1ccc(Cl)cc1C2=O. The van der Waals surface area contributed by atoms with E-state index < -0.39 is 60.7 Å². The first-order valence-electron chi connectivity index (χ1n) is 8.04. The number of Topliss-reactive ketones (excluding diaryl/α,β-unsaturated/α-hetero) is 1. The summed E-state index contributed by atoms with van der Waals surface area (Å²) in [5.41, 5.74) is -3.68. The lowest BCUT2D eigenvalue weighted by Gasteiger charge is -2.25. The summed E-state index contributed by atoms with van der Waals surface area (Å²) in [4.78, 5) is 37.8. The normalized spacial score (nSPS) is 26.7. The Morgan fingerprint density at radius 3 is 2.70 bits per heavy atom. The average molecular weight is 406 g/mol. The molecule has 27 heavy (non-hydrogen) atoms. The van der Waals surface area contributed by atoms with Gasteiger partial charge in [-0.2, -0.15) is 13.2 Å². The highest BCUT2D eigenvalue weighted by Crippen LogP contribution is 2.48. The van der Waals surface area contributed by atoms with Gasteiger partial charge >= 0.3 is 12.1 Å². The molecule has 1 saturated heterocycles. The van der Waals surface area contributed by atoms with Gasteiger partial charge in [-0.3, -0.25) is 14.4 Å². The third-order valence-corrected chi connectivity index (χ3v) is 5.01. The van der Waals surface area contributed by atoms with Crippen LogP contribution in [0.25, 0.3) is 0 Å². The Bertz CT molecular complexity index is 827. The fourth-order valence-corrected chi connectivity index (χ4v) is 3.70. The molecule has 0 bridgehead atoms. The molecular formula is C17H15ClF3NO5. The van der Waals surface area contributed by atoms with Gasteiger partial charge < -0.3 is 14.8 Å². The maximum absolute atomic E-state index is 12.8. The number of esters is 1. The molecule has 1 aromatic carbocycles. The summed E-state index contributed by atoms with van der Waals surface area (Å²) in [5, 5.41) is 2.64. The Hall–Kier alpha value is -2.29. The topological polar surface area (TPSA) is 81.7 Å². The standard InChI is InChI=1S/C17H15ClF3NO5/c1-26-14(25)15(5-2-6-17(19,20)21)8-16(22-13(15)24)12(23)10-7-9(18)3-4-11(10)27-16/h3-4,7H,2,5-6,8H2,1H3,(H,22,24)/t15-,16+/m0/s1. The third kappa shape index (κ3) is 3.24. The van der Waals surface area contributed by atoms with Gasteiger partial charge in [0.1, 0.15) is 5.75 Å². The number of amides is 1. The van der Waals surface area contributed by atoms with Crippen LogP contribution in [0.5, 0.6) is 5.75 Å². The highest BCUT2D eigenvalue weighted by Gasteiger charge is 2.66. The fraction of sp³-hybridized carbons (Fsp3) is 0.471. The maximum atomic E-state index is 12.8. The van der Waals surface area contributed by atoms with Crippen molar-refractivity contribution in [3.05, 3.63) is 28.8 Å². The molecule has 10 heteroatoms. The largest absolute Gasteiger partial charge is 0.468 e. The molecule has 1 spiro atoms. The van der Waals surface area contributed by atoms with Crippen molar-refractivity contribution in [1.82, 2.24) is 5.32 Å². The van der Waals surface area contributed by atoms with E-state index in [0.717, 1.165) is 7.11 Å². The predicted octanol–water partition coefficient (Wildman–Crippen LogP) is 3.02. The van der Waals surface area contributed by atoms with E-state index in [-0.39, 0.29) is 16.3 Å². The zero-order valence-corrected chi connectivity index (χ0v) is 14.9. The molecule has 1 amide bonds. The van der Waals surface area contributed by atoms with Gasteiger partial charge in [0, 0.05) is 17.9 Å². The zero-order valence-electron chi connectivity index (χ0n) is 14.1. The highest BCUT2D eigenvalue weighted by molar-refractivity contribution is 6.31. The average Bonchev–Trinajstić information content (AvgIpc) is 3.01. The summed E-state index contributed by atoms with van der Waals surface area (Å²) < 4.78 is 47.8. The van der Waals surface area contributed by atoms with Crippen molar-refractivity contribution in [2.45, 2.75) is 37.6 Å². The molecule has 0 aromatic heterocycles. The van der Waals surface area contributed by atoms with Gasteiger partial charge in [-0.25, -0.2) is 0 Å². The zero-order chi connectivity index (χ0) is 20.0. The van der Waals surface area contributed by atoms with Crippen molar-refractivity contribution in [3.8, 4) is 5.75 Å². The molecular weight excluding hydrogens is 391 g/mol. The van der Waals surface area contributed by atoms with Crippen LogP contribution < -0.4 is 10.1 Å². The first-order valence-corrected chi connectivity index (χ1v) is 8.42. The van der Waals surface area contributed by atoms with Crippen LogP contribution in [-0.2, 0) is 14.3 Å². The number of alkyl halides is 3. The maximum Gasteiger partial charge on any atom is 0.389 e. The van der Waals surface area contributed by atoms with Gasteiger partial charge in [0.15, 0.2) is 5.41 Å². The van der Waals surface area contributed by atoms with E-state index in [0.29, 0.717) is 0 Å². The van der Waals surface area contributed by atoms with Gasteiger partial charge in [-0.1, -0.05) is 11.6 Å². The van der Waals surface area contributed by atoms with Gasteiger partial charge in [0.2, 0.25) is 17.4 Å². The Labute approximate surface area is 156 Å². The molecule has 0 aliphatic carbocycles. The number of rotatable bonds is 4. The van der Waals surface area contributed by atoms with Crippen LogP contribution in [0.1, 0.15) is 36.0 Å². The lowest BCUT2D eigenvalue weighted by atomic mass is 9.78. The second kappa shape index (κ2) is 6.40. The van der Waals surface area contributed by atoms with E-state index in [1.165, 1.54) is 18.2 Å². The van der Waals surface area contributed by atoms with Crippen molar-refractivity contribution in [3.63, 3.8) is 0 Å². The third-order valence-electron chi connectivity index (χ3n) is 4.78. The molecule has 1 aromatic rings. The molecule has 2 aliphatic rings. The number of carbonyl (C=O) groups excluding carboxylic acids is 3. The minimum absolute atomic E-state index is 0.124. The highest BCUT2D eigenvalue weighted by atomic mass is 35.5. The predicted molar refractivity (Wildman–Crippen MR) is 86.3 cm³/mol. The molecule has 1 N–H and O–H groups in total. The molecule has 6 nitrogen and oxygen atoms in total. The number of carbonyl (C=O) groups is 3. The Kier molecular flexibility index (Phi) is 4.62. The van der Waals surface area contributed by atoms with Gasteiger partial charge in [-0.05, 0) is 31.0 Å². The summed E-state index contributed by atoms with van der Waals surface area (Å²) in [6.45, 7) is 0. The monoisotopic (exact) mass is 405 g/mol. The summed E-state index contributed by atoms with van der Waals surface area (Å²) in [5.74, 6) is -2.36. The van der Waals surface area contributed by atoms with Crippen LogP contribution in [0.2, 0.25) is 5.02 Å². The van der Waals surface area contributed by atoms with Crippen molar-refractivity contribution in [2.24, 2.45) is 5.41 Å². The minimum atomic E-state index is -4.43. The number of nitrogens with one attached hydrogen (secondary N) is 1. The molecule has 0 radical (unpaired) electrons. The van der Waals surface area contributed by atoms with E-state index in [9.17, 15) is 27.6 Å². The number of hydrogen-bond donors (Lipinski definition) is 1. The molecule has 2 atom stereocenters. The van der Waals surface area contributed by atoms with Crippen LogP contribution in [0.15, 0.2) is 18.2 Å². The second-order valence-corrected chi connectivity index (χ2v) is 7.01. The van der Waals surface area contributed by atoms with Crippen LogP contribution >= 0.6 is 11.6 Å². The lowest BCUT2D eigenvalue weighted by molar-refractivity contribution is -0.160. The summed E-state index contributed by atoms with van der Waals surface area (Å²) in [6.07, 6.45) is -6.97. The van der Waals surface area contributed by atoms with Crippen molar-refractivity contribution < 1.29 is 37.0 Å². The number of methoxy groups -OCH3 is 1. The number of hydrogen-bond acceptors (Lipinski definition) is 5. The number of halogens is 4. The molecule has 3 rings (SSSR count). The molecule has 1 fully saturated rings. The second-order valence-electron chi connectivity index (χ2n) is 6.57. The number of ketones is 1. The molecule has 146 valence electrons. The van der Waals surface area contributed by atoms with Gasteiger partial charge in [0.05, 0.1) is 12.7 Å². The van der Waals surface area contributed by atoms with Gasteiger partial charge in [-0.15, -0.1) is 0 Å². The van der Waals surface area contributed by atoms with Crippen molar-refractivity contribution in [1.29, 1.82) is 0 Å². The Balaban J connectivity index is 1.91. The molecule has 2 aliphatic heterocycles. The lowest BCUT2D eigenvalue weighted by Crippen LogP contribution is -2.50. The number of benzene rings is 1. The van der Waals surface area contributed by atoms with Crippen LogP contribution in [0.4, 0.5) is 13.2 Å². The minimum Gasteiger partial charge on any atom is -0.468 e. The first-order chi connectivity index (χ1) is 12.5. The van der Waals surface area contributed by atoms with E-state index in [1.807, 2.05) is 0 Å². The molecule has 2 heterocycles.